The van der Waals surface area contributed by atoms with Crippen LogP contribution in [-0.4, -0.2) is 0 Å². The zero-order valence-corrected chi connectivity index (χ0v) is 15.7. The molecule has 0 atom stereocenters. The molecular formula is C25H24F2. The van der Waals surface area contributed by atoms with Crippen molar-refractivity contribution in [3.8, 4) is 11.8 Å². The third-order valence-corrected chi connectivity index (χ3v) is 4.78. The molecule has 0 unspecified atom stereocenters. The van der Waals surface area contributed by atoms with E-state index in [4.69, 9.17) is 0 Å². The monoisotopic (exact) mass is 362 g/mol. The Morgan fingerprint density at radius 3 is 2.22 bits per heavy atom. The molecule has 0 nitrogen and oxygen atoms in total. The van der Waals surface area contributed by atoms with Gasteiger partial charge < -0.3 is 0 Å². The summed E-state index contributed by atoms with van der Waals surface area (Å²) in [6.07, 6.45) is 7.56. The van der Waals surface area contributed by atoms with Crippen molar-refractivity contribution in [1.29, 1.82) is 0 Å². The molecule has 2 heteroatoms. The summed E-state index contributed by atoms with van der Waals surface area (Å²) in [4.78, 5) is 0. The number of hydrogen-bond donors (Lipinski definition) is 0. The van der Waals surface area contributed by atoms with Gasteiger partial charge in [-0.2, -0.15) is 0 Å². The van der Waals surface area contributed by atoms with E-state index in [1.54, 1.807) is 24.3 Å². The molecule has 0 radical (unpaired) electrons. The molecule has 0 spiro atoms. The van der Waals surface area contributed by atoms with Gasteiger partial charge in [-0.1, -0.05) is 68.7 Å². The third-order valence-electron chi connectivity index (χ3n) is 4.78. The Bertz CT molecular complexity index is 959. The molecule has 3 aromatic rings. The number of fused-ring (bicyclic) bond motifs is 1. The lowest BCUT2D eigenvalue weighted by Gasteiger charge is -2.02. The number of rotatable bonds is 6. The topological polar surface area (TPSA) is 0 Å². The summed E-state index contributed by atoms with van der Waals surface area (Å²) in [6, 6.07) is 16.2. The van der Waals surface area contributed by atoms with Crippen LogP contribution in [0.2, 0.25) is 0 Å². The van der Waals surface area contributed by atoms with Crippen molar-refractivity contribution >= 4 is 10.8 Å². The first-order valence-electron chi connectivity index (χ1n) is 9.66. The van der Waals surface area contributed by atoms with Crippen molar-refractivity contribution < 1.29 is 8.78 Å². The van der Waals surface area contributed by atoms with Crippen LogP contribution in [0.5, 0.6) is 0 Å². The van der Waals surface area contributed by atoms with Gasteiger partial charge in [0.05, 0.1) is 0 Å². The molecule has 0 saturated heterocycles. The highest BCUT2D eigenvalue weighted by Crippen LogP contribution is 2.21. The summed E-state index contributed by atoms with van der Waals surface area (Å²) in [5, 5.41) is 0.933. The van der Waals surface area contributed by atoms with Crippen LogP contribution in [0.15, 0.2) is 54.6 Å². The summed E-state index contributed by atoms with van der Waals surface area (Å²) >= 11 is 0. The molecule has 0 aliphatic carbocycles. The fraction of sp³-hybridized carbons (Fsp3) is 0.280. The van der Waals surface area contributed by atoms with E-state index in [1.165, 1.54) is 37.7 Å². The molecular weight excluding hydrogens is 338 g/mol. The van der Waals surface area contributed by atoms with E-state index in [1.807, 2.05) is 12.1 Å². The van der Waals surface area contributed by atoms with E-state index < -0.39 is 11.6 Å². The average molecular weight is 362 g/mol. The van der Waals surface area contributed by atoms with Crippen LogP contribution < -0.4 is 0 Å². The lowest BCUT2D eigenvalue weighted by molar-refractivity contribution is 0.517. The Morgan fingerprint density at radius 2 is 1.44 bits per heavy atom. The molecule has 138 valence electrons. The molecule has 3 aromatic carbocycles. The predicted octanol–water partition coefficient (Wildman–Crippen LogP) is 7.03. The second-order valence-electron chi connectivity index (χ2n) is 6.91. The second-order valence-corrected chi connectivity index (χ2v) is 6.91. The van der Waals surface area contributed by atoms with Crippen molar-refractivity contribution in [2.24, 2.45) is 0 Å². The highest BCUT2D eigenvalue weighted by atomic mass is 19.2. The maximum absolute atomic E-state index is 13.8. The van der Waals surface area contributed by atoms with Crippen LogP contribution in [0.4, 0.5) is 8.78 Å². The minimum atomic E-state index is -0.827. The van der Waals surface area contributed by atoms with E-state index in [0.717, 1.165) is 23.6 Å². The molecule has 0 N–H and O–H groups in total. The first-order chi connectivity index (χ1) is 13.2. The summed E-state index contributed by atoms with van der Waals surface area (Å²) in [6.45, 7) is 2.23. The van der Waals surface area contributed by atoms with Crippen LogP contribution in [0.25, 0.3) is 10.8 Å². The Morgan fingerprint density at radius 1 is 0.741 bits per heavy atom. The fourth-order valence-electron chi connectivity index (χ4n) is 3.17. The SMILES string of the molecule is CCCCCCCc1ccc(C#Cc2ccc3c(F)c(F)ccc3c2)cc1. The van der Waals surface area contributed by atoms with Gasteiger partial charge in [0.25, 0.3) is 0 Å². The fourth-order valence-corrected chi connectivity index (χ4v) is 3.17. The van der Waals surface area contributed by atoms with Crippen molar-refractivity contribution in [3.63, 3.8) is 0 Å². The smallest absolute Gasteiger partial charge is 0.166 e. The van der Waals surface area contributed by atoms with E-state index in [2.05, 4.69) is 30.9 Å². The minimum Gasteiger partial charge on any atom is -0.204 e. The van der Waals surface area contributed by atoms with Crippen molar-refractivity contribution in [1.82, 2.24) is 0 Å². The Hall–Kier alpha value is -2.66. The molecule has 3 rings (SSSR count). The van der Waals surface area contributed by atoms with Gasteiger partial charge in [-0.05, 0) is 54.1 Å². The lowest BCUT2D eigenvalue weighted by Crippen LogP contribution is -1.87. The quantitative estimate of drug-likeness (QED) is 0.326. The van der Waals surface area contributed by atoms with Crippen LogP contribution in [0, 0.1) is 23.5 Å². The van der Waals surface area contributed by atoms with Gasteiger partial charge in [0.15, 0.2) is 11.6 Å². The predicted molar refractivity (Wildman–Crippen MR) is 109 cm³/mol. The van der Waals surface area contributed by atoms with Gasteiger partial charge in [-0.15, -0.1) is 0 Å². The van der Waals surface area contributed by atoms with Gasteiger partial charge in [-0.25, -0.2) is 8.78 Å². The zero-order valence-electron chi connectivity index (χ0n) is 15.7. The third kappa shape index (κ3) is 5.17. The van der Waals surface area contributed by atoms with Gasteiger partial charge in [0.1, 0.15) is 0 Å². The van der Waals surface area contributed by atoms with E-state index in [-0.39, 0.29) is 5.39 Å². The van der Waals surface area contributed by atoms with Gasteiger partial charge >= 0.3 is 0 Å². The number of hydrogen-bond acceptors (Lipinski definition) is 0. The Kier molecular flexibility index (Phi) is 6.60. The Balaban J connectivity index is 1.65. The van der Waals surface area contributed by atoms with Crippen LogP contribution >= 0.6 is 0 Å². The lowest BCUT2D eigenvalue weighted by atomic mass is 10.0. The highest BCUT2D eigenvalue weighted by molar-refractivity contribution is 5.84. The van der Waals surface area contributed by atoms with Crippen LogP contribution in [0.1, 0.15) is 55.7 Å². The summed E-state index contributed by atoms with van der Waals surface area (Å²) in [5.41, 5.74) is 3.09. The maximum Gasteiger partial charge on any atom is 0.166 e. The summed E-state index contributed by atoms with van der Waals surface area (Å²) in [5.74, 6) is 4.62. The van der Waals surface area contributed by atoms with E-state index in [0.29, 0.717) is 5.39 Å². The molecule has 0 heterocycles. The molecule has 27 heavy (non-hydrogen) atoms. The van der Waals surface area contributed by atoms with Crippen molar-refractivity contribution in [2.45, 2.75) is 45.4 Å². The molecule has 0 aliphatic heterocycles. The highest BCUT2D eigenvalue weighted by Gasteiger charge is 2.06. The molecule has 0 aliphatic rings. The molecule has 0 amide bonds. The largest absolute Gasteiger partial charge is 0.204 e. The average Bonchev–Trinajstić information content (AvgIpc) is 2.70. The molecule has 0 fully saturated rings. The molecule has 0 aromatic heterocycles. The van der Waals surface area contributed by atoms with Crippen molar-refractivity contribution in [3.05, 3.63) is 82.9 Å². The van der Waals surface area contributed by atoms with Crippen molar-refractivity contribution in [2.75, 3.05) is 0 Å². The first kappa shape index (κ1) is 19.1. The summed E-state index contributed by atoms with van der Waals surface area (Å²) in [7, 11) is 0. The van der Waals surface area contributed by atoms with Crippen LogP contribution in [-0.2, 0) is 6.42 Å². The zero-order chi connectivity index (χ0) is 19.1. The van der Waals surface area contributed by atoms with Gasteiger partial charge in [0.2, 0.25) is 0 Å². The number of unbranched alkanes of at least 4 members (excludes halogenated alkanes) is 4. The maximum atomic E-state index is 13.8. The minimum absolute atomic E-state index is 0.281. The molecule has 0 saturated carbocycles. The number of benzene rings is 3. The van der Waals surface area contributed by atoms with E-state index in [9.17, 15) is 8.78 Å². The van der Waals surface area contributed by atoms with Gasteiger partial charge in [-0.3, -0.25) is 0 Å². The summed E-state index contributed by atoms with van der Waals surface area (Å²) < 4.78 is 27.0. The molecule has 0 bridgehead atoms. The number of aryl methyl sites for hydroxylation is 1. The first-order valence-corrected chi connectivity index (χ1v) is 9.66. The second kappa shape index (κ2) is 9.33. The normalized spacial score (nSPS) is 10.6. The number of halogens is 2. The Labute approximate surface area is 160 Å². The van der Waals surface area contributed by atoms with Gasteiger partial charge in [0, 0.05) is 16.5 Å². The standard InChI is InChI=1S/C25H24F2/c1-2-3-4-5-6-7-19-8-10-20(11-9-19)12-13-21-14-16-23-22(18-21)15-17-24(26)25(23)27/h8-11,14-18H,2-7H2,1H3. The van der Waals surface area contributed by atoms with Crippen LogP contribution in [0.3, 0.4) is 0 Å². The van der Waals surface area contributed by atoms with E-state index >= 15 is 0 Å².